The van der Waals surface area contributed by atoms with Crippen LogP contribution in [0, 0.1) is 5.92 Å². The van der Waals surface area contributed by atoms with Crippen LogP contribution in [0.4, 0.5) is 0 Å². The van der Waals surface area contributed by atoms with Gasteiger partial charge < -0.3 is 15.3 Å². The molecule has 0 saturated heterocycles. The standard InChI is InChI=1S/C25H30O3/c1-18(2)19(3)23(15-16-26)25(28)14-13-21(20-9-5-4-6-10-20)17-22-11-7-8-12-24(22)27/h4-12,15,17-18,25-28H,3,13-14,16H2,1-2H3/b21-17-,23-15-. The summed E-state index contributed by atoms with van der Waals surface area (Å²) >= 11 is 0. The second kappa shape index (κ2) is 10.6. The Morgan fingerprint density at radius 2 is 1.68 bits per heavy atom. The molecule has 0 amide bonds. The molecule has 0 spiro atoms. The largest absolute Gasteiger partial charge is 0.507 e. The molecule has 3 nitrogen and oxygen atoms in total. The van der Waals surface area contributed by atoms with Crippen molar-refractivity contribution in [2.75, 3.05) is 6.61 Å². The Morgan fingerprint density at radius 1 is 1.04 bits per heavy atom. The molecular formula is C25H30O3. The van der Waals surface area contributed by atoms with Gasteiger partial charge in [-0.1, -0.05) is 75.0 Å². The molecule has 148 valence electrons. The number of allylic oxidation sites excluding steroid dienone is 1. The molecule has 3 heteroatoms. The zero-order valence-corrected chi connectivity index (χ0v) is 16.7. The lowest BCUT2D eigenvalue weighted by atomic mass is 9.89. The number of hydrogen-bond acceptors (Lipinski definition) is 3. The van der Waals surface area contributed by atoms with Crippen LogP contribution in [0.3, 0.4) is 0 Å². The van der Waals surface area contributed by atoms with Crippen LogP contribution in [0.15, 0.2) is 78.4 Å². The third-order valence-electron chi connectivity index (χ3n) is 4.84. The summed E-state index contributed by atoms with van der Waals surface area (Å²) in [5, 5.41) is 30.2. The lowest BCUT2D eigenvalue weighted by Crippen LogP contribution is -2.15. The van der Waals surface area contributed by atoms with Gasteiger partial charge in [0.05, 0.1) is 12.7 Å². The van der Waals surface area contributed by atoms with Crippen LogP contribution in [0.5, 0.6) is 5.75 Å². The van der Waals surface area contributed by atoms with Gasteiger partial charge >= 0.3 is 0 Å². The van der Waals surface area contributed by atoms with Gasteiger partial charge in [0.2, 0.25) is 0 Å². The van der Waals surface area contributed by atoms with E-state index < -0.39 is 6.10 Å². The van der Waals surface area contributed by atoms with Crippen LogP contribution in [0.1, 0.15) is 37.8 Å². The van der Waals surface area contributed by atoms with Gasteiger partial charge in [-0.2, -0.15) is 0 Å². The Kier molecular flexibility index (Phi) is 8.24. The summed E-state index contributed by atoms with van der Waals surface area (Å²) in [5.74, 6) is 0.420. The third kappa shape index (κ3) is 5.95. The highest BCUT2D eigenvalue weighted by Crippen LogP contribution is 2.30. The second-order valence-corrected chi connectivity index (χ2v) is 7.17. The van der Waals surface area contributed by atoms with Gasteiger partial charge in [-0.05, 0) is 53.2 Å². The minimum atomic E-state index is -0.710. The van der Waals surface area contributed by atoms with Crippen molar-refractivity contribution in [1.29, 1.82) is 0 Å². The summed E-state index contributed by atoms with van der Waals surface area (Å²) in [4.78, 5) is 0. The maximum atomic E-state index is 10.8. The molecule has 2 aromatic carbocycles. The fraction of sp³-hybridized carbons (Fsp3) is 0.280. The Balaban J connectivity index is 2.27. The Hall–Kier alpha value is -2.62. The minimum absolute atomic E-state index is 0.128. The van der Waals surface area contributed by atoms with Gasteiger partial charge in [0.1, 0.15) is 5.75 Å². The fourth-order valence-electron chi connectivity index (χ4n) is 3.11. The average Bonchev–Trinajstić information content (AvgIpc) is 2.70. The van der Waals surface area contributed by atoms with E-state index in [-0.39, 0.29) is 18.3 Å². The molecule has 0 heterocycles. The van der Waals surface area contributed by atoms with E-state index in [1.54, 1.807) is 18.2 Å². The topological polar surface area (TPSA) is 60.7 Å². The fourth-order valence-corrected chi connectivity index (χ4v) is 3.11. The van der Waals surface area contributed by atoms with Crippen molar-refractivity contribution in [2.45, 2.75) is 32.8 Å². The summed E-state index contributed by atoms with van der Waals surface area (Å²) in [6.45, 7) is 7.99. The first kappa shape index (κ1) is 21.7. The number of aliphatic hydroxyl groups is 2. The van der Waals surface area contributed by atoms with Crippen molar-refractivity contribution in [1.82, 2.24) is 0 Å². The van der Waals surface area contributed by atoms with Gasteiger partial charge in [-0.25, -0.2) is 0 Å². The van der Waals surface area contributed by atoms with Crippen molar-refractivity contribution < 1.29 is 15.3 Å². The number of aliphatic hydroxyl groups excluding tert-OH is 2. The predicted molar refractivity (Wildman–Crippen MR) is 117 cm³/mol. The van der Waals surface area contributed by atoms with Gasteiger partial charge in [0.15, 0.2) is 0 Å². The first-order valence-corrected chi connectivity index (χ1v) is 9.66. The van der Waals surface area contributed by atoms with E-state index in [4.69, 9.17) is 0 Å². The Morgan fingerprint density at radius 3 is 2.29 bits per heavy atom. The summed E-state index contributed by atoms with van der Waals surface area (Å²) in [6.07, 6.45) is 4.00. The molecule has 1 atom stereocenters. The molecule has 0 aliphatic heterocycles. The maximum Gasteiger partial charge on any atom is 0.122 e. The van der Waals surface area contributed by atoms with E-state index in [9.17, 15) is 15.3 Å². The second-order valence-electron chi connectivity index (χ2n) is 7.17. The third-order valence-corrected chi connectivity index (χ3v) is 4.84. The molecule has 2 aromatic rings. The van der Waals surface area contributed by atoms with Crippen LogP contribution in [0.2, 0.25) is 0 Å². The van der Waals surface area contributed by atoms with Gasteiger partial charge in [-0.3, -0.25) is 0 Å². The molecule has 0 bridgehead atoms. The van der Waals surface area contributed by atoms with E-state index in [1.165, 1.54) is 0 Å². The van der Waals surface area contributed by atoms with Crippen LogP contribution in [-0.2, 0) is 0 Å². The maximum absolute atomic E-state index is 10.8. The molecule has 1 unspecified atom stereocenters. The van der Waals surface area contributed by atoms with E-state index >= 15 is 0 Å². The highest BCUT2D eigenvalue weighted by Gasteiger charge is 2.17. The predicted octanol–water partition coefficient (Wildman–Crippen LogP) is 5.20. The number of hydrogen-bond donors (Lipinski definition) is 3. The van der Waals surface area contributed by atoms with Crippen molar-refractivity contribution in [2.24, 2.45) is 5.92 Å². The zero-order valence-electron chi connectivity index (χ0n) is 16.7. The highest BCUT2D eigenvalue weighted by molar-refractivity contribution is 5.83. The monoisotopic (exact) mass is 378 g/mol. The van der Waals surface area contributed by atoms with Crippen LogP contribution in [0.25, 0.3) is 11.6 Å². The van der Waals surface area contributed by atoms with Crippen LogP contribution < -0.4 is 0 Å². The molecule has 28 heavy (non-hydrogen) atoms. The molecule has 0 aliphatic rings. The number of para-hydroxylation sites is 1. The highest BCUT2D eigenvalue weighted by atomic mass is 16.3. The van der Waals surface area contributed by atoms with E-state index in [0.717, 1.165) is 22.3 Å². The van der Waals surface area contributed by atoms with Crippen LogP contribution >= 0.6 is 0 Å². The number of rotatable bonds is 9. The van der Waals surface area contributed by atoms with E-state index in [0.29, 0.717) is 18.4 Å². The normalized spacial score (nSPS) is 13.6. The van der Waals surface area contributed by atoms with Gasteiger partial charge in [0.25, 0.3) is 0 Å². The molecule has 3 N–H and O–H groups in total. The Bertz CT molecular complexity index is 832. The first-order chi connectivity index (χ1) is 13.4. The molecule has 0 radical (unpaired) electrons. The molecule has 2 rings (SSSR count). The van der Waals surface area contributed by atoms with E-state index in [2.05, 4.69) is 6.58 Å². The quantitative estimate of drug-likeness (QED) is 0.415. The smallest absolute Gasteiger partial charge is 0.122 e. The molecule has 0 aliphatic carbocycles. The molecule has 0 saturated carbocycles. The molecular weight excluding hydrogens is 348 g/mol. The molecule has 0 fully saturated rings. The van der Waals surface area contributed by atoms with Crippen molar-refractivity contribution in [3.8, 4) is 5.75 Å². The van der Waals surface area contributed by atoms with E-state index in [1.807, 2.05) is 62.4 Å². The number of phenols is 1. The SMILES string of the molecule is C=C(/C(=C/CO)C(O)CC/C(=C/c1ccccc1O)c1ccccc1)C(C)C. The Labute approximate surface area is 168 Å². The lowest BCUT2D eigenvalue weighted by molar-refractivity contribution is 0.201. The summed E-state index contributed by atoms with van der Waals surface area (Å²) < 4.78 is 0. The van der Waals surface area contributed by atoms with Crippen molar-refractivity contribution in [3.05, 3.63) is 89.5 Å². The number of phenolic OH excluding ortho intramolecular Hbond substituents is 1. The van der Waals surface area contributed by atoms with Crippen LogP contribution in [-0.4, -0.2) is 28.0 Å². The van der Waals surface area contributed by atoms with Crippen molar-refractivity contribution >= 4 is 11.6 Å². The molecule has 0 aromatic heterocycles. The number of aromatic hydroxyl groups is 1. The van der Waals surface area contributed by atoms with Gasteiger partial charge in [-0.15, -0.1) is 0 Å². The van der Waals surface area contributed by atoms with Gasteiger partial charge in [0, 0.05) is 5.56 Å². The number of benzene rings is 2. The van der Waals surface area contributed by atoms with Crippen molar-refractivity contribution in [3.63, 3.8) is 0 Å². The summed E-state index contributed by atoms with van der Waals surface area (Å²) in [6, 6.07) is 17.2. The minimum Gasteiger partial charge on any atom is -0.507 e. The summed E-state index contributed by atoms with van der Waals surface area (Å²) in [7, 11) is 0. The average molecular weight is 379 g/mol. The lowest BCUT2D eigenvalue weighted by Gasteiger charge is -2.20. The summed E-state index contributed by atoms with van der Waals surface area (Å²) in [5.41, 5.74) is 4.36. The zero-order chi connectivity index (χ0) is 20.5. The first-order valence-electron chi connectivity index (χ1n) is 9.66.